The Hall–Kier alpha value is -2.78. The van der Waals surface area contributed by atoms with Crippen molar-refractivity contribution in [2.45, 2.75) is 24.3 Å². The first-order chi connectivity index (χ1) is 13.5. The van der Waals surface area contributed by atoms with Crippen LogP contribution < -0.4 is 9.47 Å². The van der Waals surface area contributed by atoms with Crippen molar-refractivity contribution in [2.75, 3.05) is 20.2 Å². The van der Waals surface area contributed by atoms with Gasteiger partial charge in [-0.2, -0.15) is 4.31 Å². The Balaban J connectivity index is 1.55. The largest absolute Gasteiger partial charge is 0.480 e. The normalized spacial score (nSPS) is 17.7. The van der Waals surface area contributed by atoms with Gasteiger partial charge in [-0.1, -0.05) is 18.2 Å². The van der Waals surface area contributed by atoms with Gasteiger partial charge in [0.05, 0.1) is 19.2 Å². The molecule has 4 rings (SSSR count). The van der Waals surface area contributed by atoms with Crippen LogP contribution in [0.2, 0.25) is 0 Å². The second-order valence-electron chi connectivity index (χ2n) is 6.59. The number of hydrogen-bond donors (Lipinski definition) is 0. The van der Waals surface area contributed by atoms with Crippen molar-refractivity contribution in [2.24, 2.45) is 0 Å². The smallest absolute Gasteiger partial charge is 0.245 e. The highest BCUT2D eigenvalue weighted by molar-refractivity contribution is 7.89. The molecule has 1 aromatic carbocycles. The second-order valence-corrected chi connectivity index (χ2v) is 8.49. The van der Waals surface area contributed by atoms with E-state index in [0.717, 1.165) is 11.1 Å². The molecule has 1 saturated heterocycles. The van der Waals surface area contributed by atoms with Crippen molar-refractivity contribution >= 4 is 20.9 Å². The van der Waals surface area contributed by atoms with Crippen molar-refractivity contribution in [3.63, 3.8) is 0 Å². The number of aryl methyl sites for hydroxylation is 1. The van der Waals surface area contributed by atoms with E-state index in [4.69, 9.17) is 9.47 Å². The topological polar surface area (TPSA) is 94.5 Å². The molecule has 1 aliphatic rings. The van der Waals surface area contributed by atoms with Gasteiger partial charge in [-0.05, 0) is 25.5 Å². The first-order valence-corrected chi connectivity index (χ1v) is 10.3. The van der Waals surface area contributed by atoms with Crippen molar-refractivity contribution in [3.8, 4) is 11.8 Å². The van der Waals surface area contributed by atoms with Crippen LogP contribution in [0.1, 0.15) is 12.1 Å². The Bertz CT molecular complexity index is 1100. The van der Waals surface area contributed by atoms with Gasteiger partial charge in [-0.15, -0.1) is 10.2 Å². The van der Waals surface area contributed by atoms with Crippen LogP contribution in [0.15, 0.2) is 47.4 Å². The number of methoxy groups -OCH3 is 1. The fraction of sp³-hybridized carbons (Fsp3) is 0.316. The highest BCUT2D eigenvalue weighted by atomic mass is 32.2. The summed E-state index contributed by atoms with van der Waals surface area (Å²) in [5.74, 6) is 0.731. The summed E-state index contributed by atoms with van der Waals surface area (Å²) < 4.78 is 38.7. The van der Waals surface area contributed by atoms with Gasteiger partial charge < -0.3 is 9.47 Å². The van der Waals surface area contributed by atoms with E-state index >= 15 is 0 Å². The fourth-order valence-electron chi connectivity index (χ4n) is 3.23. The summed E-state index contributed by atoms with van der Waals surface area (Å²) in [6, 6.07) is 12.3. The third kappa shape index (κ3) is 3.50. The summed E-state index contributed by atoms with van der Waals surface area (Å²) in [6.45, 7) is 2.47. The van der Waals surface area contributed by atoms with Crippen molar-refractivity contribution in [1.29, 1.82) is 0 Å². The summed E-state index contributed by atoms with van der Waals surface area (Å²) in [5, 5.41) is 8.59. The minimum Gasteiger partial charge on any atom is -0.480 e. The number of benzene rings is 1. The van der Waals surface area contributed by atoms with E-state index in [1.807, 2.05) is 25.1 Å². The molecule has 0 amide bonds. The van der Waals surface area contributed by atoms with Crippen LogP contribution in [0.5, 0.6) is 11.8 Å². The molecule has 0 aliphatic carbocycles. The lowest BCUT2D eigenvalue weighted by molar-refractivity contribution is 0.203. The molecule has 9 heteroatoms. The van der Waals surface area contributed by atoms with E-state index in [-0.39, 0.29) is 17.5 Å². The number of sulfonamides is 1. The molecule has 1 unspecified atom stereocenters. The van der Waals surface area contributed by atoms with Gasteiger partial charge in [0.2, 0.25) is 21.8 Å². The number of hydrogen-bond acceptors (Lipinski definition) is 7. The Morgan fingerprint density at radius 1 is 1.07 bits per heavy atom. The first kappa shape index (κ1) is 18.6. The average molecular weight is 400 g/mol. The van der Waals surface area contributed by atoms with Gasteiger partial charge in [0.25, 0.3) is 0 Å². The molecule has 0 radical (unpaired) electrons. The van der Waals surface area contributed by atoms with Crippen LogP contribution in [0.3, 0.4) is 0 Å². The van der Waals surface area contributed by atoms with Crippen LogP contribution in [0.4, 0.5) is 0 Å². The highest BCUT2D eigenvalue weighted by Crippen LogP contribution is 2.28. The number of aromatic nitrogens is 3. The predicted octanol–water partition coefficient (Wildman–Crippen LogP) is 2.18. The van der Waals surface area contributed by atoms with Gasteiger partial charge in [-0.3, -0.25) is 4.98 Å². The molecule has 3 aromatic rings. The van der Waals surface area contributed by atoms with Gasteiger partial charge >= 0.3 is 0 Å². The Kier molecular flexibility index (Phi) is 4.86. The lowest BCUT2D eigenvalue weighted by Gasteiger charge is -2.18. The SMILES string of the molecule is COc1ccc(OC2CCN(S(=O)(=O)c3cccc4ccc(C)nc34)C2)nn1. The summed E-state index contributed by atoms with van der Waals surface area (Å²) in [7, 11) is -2.18. The number of fused-ring (bicyclic) bond motifs is 1. The van der Waals surface area contributed by atoms with Crippen LogP contribution >= 0.6 is 0 Å². The average Bonchev–Trinajstić information content (AvgIpc) is 3.17. The van der Waals surface area contributed by atoms with Crippen molar-refractivity contribution in [1.82, 2.24) is 19.5 Å². The summed E-state index contributed by atoms with van der Waals surface area (Å²) in [4.78, 5) is 4.67. The molecular formula is C19H20N4O4S. The van der Waals surface area contributed by atoms with E-state index < -0.39 is 10.0 Å². The molecule has 0 N–H and O–H groups in total. The number of pyridine rings is 1. The maximum absolute atomic E-state index is 13.2. The number of para-hydroxylation sites is 1. The molecular weight excluding hydrogens is 380 g/mol. The van der Waals surface area contributed by atoms with Gasteiger partial charge in [-0.25, -0.2) is 8.42 Å². The molecule has 3 heterocycles. The summed E-state index contributed by atoms with van der Waals surface area (Å²) >= 11 is 0. The molecule has 0 saturated carbocycles. The Morgan fingerprint density at radius 3 is 2.61 bits per heavy atom. The highest BCUT2D eigenvalue weighted by Gasteiger charge is 2.35. The Morgan fingerprint density at radius 2 is 1.86 bits per heavy atom. The fourth-order valence-corrected chi connectivity index (χ4v) is 4.87. The molecule has 0 spiro atoms. The van der Waals surface area contributed by atoms with Crippen molar-refractivity contribution < 1.29 is 17.9 Å². The van der Waals surface area contributed by atoms with Crippen LogP contribution in [-0.4, -0.2) is 54.2 Å². The number of nitrogens with zero attached hydrogens (tertiary/aromatic N) is 4. The zero-order valence-electron chi connectivity index (χ0n) is 15.6. The molecule has 1 aliphatic heterocycles. The first-order valence-electron chi connectivity index (χ1n) is 8.88. The molecule has 146 valence electrons. The third-order valence-electron chi connectivity index (χ3n) is 4.66. The monoisotopic (exact) mass is 400 g/mol. The van der Waals surface area contributed by atoms with Gasteiger partial charge in [0.15, 0.2) is 0 Å². The minimum absolute atomic E-state index is 0.221. The quantitative estimate of drug-likeness (QED) is 0.648. The third-order valence-corrected chi connectivity index (χ3v) is 6.56. The van der Waals surface area contributed by atoms with Crippen LogP contribution in [0.25, 0.3) is 10.9 Å². The van der Waals surface area contributed by atoms with E-state index in [9.17, 15) is 8.42 Å². The number of rotatable bonds is 5. The maximum Gasteiger partial charge on any atom is 0.245 e. The minimum atomic E-state index is -3.68. The zero-order chi connectivity index (χ0) is 19.7. The summed E-state index contributed by atoms with van der Waals surface area (Å²) in [5.41, 5.74) is 1.27. The van der Waals surface area contributed by atoms with Gasteiger partial charge in [0, 0.05) is 29.8 Å². The Labute approximate surface area is 163 Å². The molecule has 8 nitrogen and oxygen atoms in total. The van der Waals surface area contributed by atoms with Gasteiger partial charge in [0.1, 0.15) is 11.0 Å². The van der Waals surface area contributed by atoms with E-state index in [1.54, 1.807) is 24.3 Å². The lowest BCUT2D eigenvalue weighted by atomic mass is 10.2. The van der Waals surface area contributed by atoms with Crippen molar-refractivity contribution in [3.05, 3.63) is 48.2 Å². The lowest BCUT2D eigenvalue weighted by Crippen LogP contribution is -2.31. The summed E-state index contributed by atoms with van der Waals surface area (Å²) in [6.07, 6.45) is 0.284. The van der Waals surface area contributed by atoms with Crippen LogP contribution in [0, 0.1) is 6.92 Å². The van der Waals surface area contributed by atoms with Crippen LogP contribution in [-0.2, 0) is 10.0 Å². The van der Waals surface area contributed by atoms with E-state index in [0.29, 0.717) is 30.2 Å². The standard InChI is InChI=1S/C19H20N4O4S/c1-13-6-7-14-4-3-5-16(19(14)20-13)28(24,25)23-11-10-15(12-23)27-18-9-8-17(26-2)21-22-18/h3-9,15H,10-12H2,1-2H3. The predicted molar refractivity (Wildman–Crippen MR) is 103 cm³/mol. The van der Waals surface area contributed by atoms with E-state index in [1.165, 1.54) is 11.4 Å². The molecule has 28 heavy (non-hydrogen) atoms. The second kappa shape index (κ2) is 7.33. The molecule has 1 atom stereocenters. The number of ether oxygens (including phenoxy) is 2. The molecule has 1 fully saturated rings. The zero-order valence-corrected chi connectivity index (χ0v) is 16.4. The molecule has 2 aromatic heterocycles. The maximum atomic E-state index is 13.2. The van der Waals surface area contributed by atoms with E-state index in [2.05, 4.69) is 15.2 Å². The molecule has 0 bridgehead atoms.